The van der Waals surface area contributed by atoms with Gasteiger partial charge in [0.15, 0.2) is 6.29 Å². The second kappa shape index (κ2) is 4.71. The fourth-order valence-corrected chi connectivity index (χ4v) is 3.66. The third-order valence-electron chi connectivity index (χ3n) is 4.81. The Labute approximate surface area is 122 Å². The van der Waals surface area contributed by atoms with Crippen LogP contribution in [-0.2, 0) is 19.7 Å². The van der Waals surface area contributed by atoms with E-state index in [4.69, 9.17) is 14.2 Å². The minimum Gasteiger partial charge on any atom is -0.488 e. The molecule has 2 aliphatic heterocycles. The number of rotatable bonds is 4. The summed E-state index contributed by atoms with van der Waals surface area (Å²) >= 11 is 0. The molecule has 0 bridgehead atoms. The van der Waals surface area contributed by atoms with Gasteiger partial charge in [0, 0.05) is 12.2 Å². The van der Waals surface area contributed by atoms with Crippen LogP contribution < -0.4 is 4.74 Å². The number of carboxylic acid groups (broad SMARTS) is 1. The molecule has 1 N–H and O–H groups in total. The molecule has 0 aromatic heterocycles. The van der Waals surface area contributed by atoms with Gasteiger partial charge in [0.2, 0.25) is 0 Å². The lowest BCUT2D eigenvalue weighted by Gasteiger charge is -2.25. The first-order valence-electron chi connectivity index (χ1n) is 7.45. The quantitative estimate of drug-likeness (QED) is 0.918. The van der Waals surface area contributed by atoms with Crippen LogP contribution >= 0.6 is 0 Å². The average Bonchev–Trinajstić information content (AvgIpc) is 3.04. The second-order valence-electron chi connectivity index (χ2n) is 6.00. The third-order valence-corrected chi connectivity index (χ3v) is 4.81. The maximum atomic E-state index is 11.5. The molecule has 1 saturated carbocycles. The van der Waals surface area contributed by atoms with Crippen molar-refractivity contribution in [3.05, 3.63) is 29.8 Å². The molecule has 3 aliphatic rings. The Morgan fingerprint density at radius 3 is 3.00 bits per heavy atom. The first kappa shape index (κ1) is 13.1. The van der Waals surface area contributed by atoms with Crippen molar-refractivity contribution in [3.63, 3.8) is 0 Å². The molecule has 1 saturated heterocycles. The van der Waals surface area contributed by atoms with E-state index in [1.807, 2.05) is 24.3 Å². The lowest BCUT2D eigenvalue weighted by atomic mass is 9.94. The maximum Gasteiger partial charge on any atom is 0.311 e. The van der Waals surface area contributed by atoms with Crippen molar-refractivity contribution in [3.8, 4) is 5.75 Å². The fraction of sp³-hybridized carbons (Fsp3) is 0.562. The van der Waals surface area contributed by atoms with E-state index in [0.717, 1.165) is 37.2 Å². The number of carboxylic acids is 1. The Morgan fingerprint density at radius 2 is 2.24 bits per heavy atom. The second-order valence-corrected chi connectivity index (χ2v) is 6.00. The lowest BCUT2D eigenvalue weighted by Crippen LogP contribution is -2.29. The molecule has 0 spiro atoms. The van der Waals surface area contributed by atoms with E-state index >= 15 is 0 Å². The van der Waals surface area contributed by atoms with Crippen LogP contribution in [0.5, 0.6) is 5.75 Å². The molecule has 5 nitrogen and oxygen atoms in total. The molecule has 112 valence electrons. The first-order chi connectivity index (χ1) is 10.2. The van der Waals surface area contributed by atoms with Gasteiger partial charge < -0.3 is 19.3 Å². The molecular formula is C16H18O5. The maximum absolute atomic E-state index is 11.5. The molecule has 5 heteroatoms. The summed E-state index contributed by atoms with van der Waals surface area (Å²) in [5.74, 6) is -0.549. The third kappa shape index (κ3) is 1.88. The summed E-state index contributed by atoms with van der Waals surface area (Å²) in [4.78, 5) is 11.5. The van der Waals surface area contributed by atoms with Crippen molar-refractivity contribution in [1.29, 1.82) is 0 Å². The molecule has 4 unspecified atom stereocenters. The highest BCUT2D eigenvalue weighted by atomic mass is 16.7. The van der Waals surface area contributed by atoms with E-state index in [0.29, 0.717) is 6.61 Å². The molecular weight excluding hydrogens is 272 g/mol. The highest BCUT2D eigenvalue weighted by Gasteiger charge is 2.76. The largest absolute Gasteiger partial charge is 0.488 e. The van der Waals surface area contributed by atoms with Crippen molar-refractivity contribution < 1.29 is 24.1 Å². The van der Waals surface area contributed by atoms with Crippen molar-refractivity contribution in [2.45, 2.75) is 37.1 Å². The van der Waals surface area contributed by atoms with E-state index in [-0.39, 0.29) is 12.4 Å². The van der Waals surface area contributed by atoms with E-state index < -0.39 is 17.3 Å². The minimum atomic E-state index is -0.817. The van der Waals surface area contributed by atoms with Crippen LogP contribution in [0.4, 0.5) is 0 Å². The highest BCUT2D eigenvalue weighted by molar-refractivity contribution is 5.81. The highest BCUT2D eigenvalue weighted by Crippen LogP contribution is 2.63. The van der Waals surface area contributed by atoms with Gasteiger partial charge in [-0.05, 0) is 25.3 Å². The number of benzene rings is 1. The van der Waals surface area contributed by atoms with Crippen LogP contribution in [0, 0.1) is 5.92 Å². The van der Waals surface area contributed by atoms with Crippen molar-refractivity contribution in [2.24, 2.45) is 5.92 Å². The monoisotopic (exact) mass is 290 g/mol. The minimum absolute atomic E-state index is 0.211. The summed E-state index contributed by atoms with van der Waals surface area (Å²) in [7, 11) is 0. The number of fused-ring (bicyclic) bond motifs is 3. The zero-order valence-corrected chi connectivity index (χ0v) is 11.7. The van der Waals surface area contributed by atoms with E-state index in [1.54, 1.807) is 0 Å². The summed E-state index contributed by atoms with van der Waals surface area (Å²) in [5.41, 5.74) is 0.418. The van der Waals surface area contributed by atoms with Crippen LogP contribution in [0.25, 0.3) is 0 Å². The molecule has 0 amide bonds. The number of ether oxygens (including phenoxy) is 3. The summed E-state index contributed by atoms with van der Waals surface area (Å²) in [6, 6.07) is 7.65. The molecule has 1 aromatic rings. The molecule has 0 radical (unpaired) electrons. The smallest absolute Gasteiger partial charge is 0.311 e. The summed E-state index contributed by atoms with van der Waals surface area (Å²) in [5, 5.41) is 9.42. The van der Waals surface area contributed by atoms with Gasteiger partial charge in [-0.3, -0.25) is 4.79 Å². The number of carbonyl (C=O) groups is 1. The van der Waals surface area contributed by atoms with Crippen LogP contribution in [0.2, 0.25) is 0 Å². The molecule has 4 atom stereocenters. The zero-order valence-electron chi connectivity index (χ0n) is 11.7. The molecule has 1 aromatic carbocycles. The van der Waals surface area contributed by atoms with E-state index in [2.05, 4.69) is 0 Å². The van der Waals surface area contributed by atoms with E-state index in [9.17, 15) is 9.90 Å². The van der Waals surface area contributed by atoms with Crippen LogP contribution in [-0.4, -0.2) is 36.7 Å². The van der Waals surface area contributed by atoms with Gasteiger partial charge in [-0.1, -0.05) is 18.2 Å². The van der Waals surface area contributed by atoms with Gasteiger partial charge in [-0.15, -0.1) is 0 Å². The SMILES string of the molecule is O=C(O)C1C2Oc3ccccc3C21COC1CCCCO1. The Morgan fingerprint density at radius 1 is 1.38 bits per heavy atom. The lowest BCUT2D eigenvalue weighted by molar-refractivity contribution is -0.168. The van der Waals surface area contributed by atoms with Gasteiger partial charge >= 0.3 is 5.97 Å². The standard InChI is InChI=1S/C16H18O5/c17-15(18)13-14-16(13,9-20-12-7-3-4-8-19-12)10-5-1-2-6-11(10)21-14/h1-2,5-6,12-14H,3-4,7-9H2,(H,17,18). The van der Waals surface area contributed by atoms with Gasteiger partial charge in [0.25, 0.3) is 0 Å². The van der Waals surface area contributed by atoms with Gasteiger partial charge in [0.05, 0.1) is 12.0 Å². The average molecular weight is 290 g/mol. The van der Waals surface area contributed by atoms with Gasteiger partial charge in [-0.2, -0.15) is 0 Å². The summed E-state index contributed by atoms with van der Waals surface area (Å²) in [6.45, 7) is 1.06. The number of para-hydroxylation sites is 1. The summed E-state index contributed by atoms with van der Waals surface area (Å²) in [6.07, 6.45) is 2.52. The van der Waals surface area contributed by atoms with Crippen LogP contribution in [0.15, 0.2) is 24.3 Å². The number of aliphatic carboxylic acids is 1. The predicted molar refractivity (Wildman–Crippen MR) is 73.2 cm³/mol. The topological polar surface area (TPSA) is 65.0 Å². The Kier molecular flexibility index (Phi) is 2.94. The normalized spacial score (nSPS) is 36.5. The van der Waals surface area contributed by atoms with Crippen LogP contribution in [0.1, 0.15) is 24.8 Å². The van der Waals surface area contributed by atoms with Crippen molar-refractivity contribution in [2.75, 3.05) is 13.2 Å². The predicted octanol–water partition coefficient (Wildman–Crippen LogP) is 1.94. The zero-order chi connectivity index (χ0) is 14.4. The molecule has 21 heavy (non-hydrogen) atoms. The number of hydrogen-bond donors (Lipinski definition) is 1. The van der Waals surface area contributed by atoms with Crippen LogP contribution in [0.3, 0.4) is 0 Å². The Bertz CT molecular complexity index is 566. The van der Waals surface area contributed by atoms with Gasteiger partial charge in [0.1, 0.15) is 17.8 Å². The number of hydrogen-bond acceptors (Lipinski definition) is 4. The van der Waals surface area contributed by atoms with Crippen molar-refractivity contribution >= 4 is 5.97 Å². The Balaban J connectivity index is 1.56. The molecule has 2 heterocycles. The summed E-state index contributed by atoms with van der Waals surface area (Å²) < 4.78 is 17.3. The van der Waals surface area contributed by atoms with E-state index in [1.165, 1.54) is 0 Å². The fourth-order valence-electron chi connectivity index (χ4n) is 3.66. The molecule has 1 aliphatic carbocycles. The molecule has 2 fully saturated rings. The van der Waals surface area contributed by atoms with Gasteiger partial charge in [-0.25, -0.2) is 0 Å². The van der Waals surface area contributed by atoms with Crippen molar-refractivity contribution in [1.82, 2.24) is 0 Å². The first-order valence-corrected chi connectivity index (χ1v) is 7.45. The Hall–Kier alpha value is -1.59. The molecule has 4 rings (SSSR count).